The quantitative estimate of drug-likeness (QED) is 0.412. The fraction of sp³-hybridized carbons (Fsp3) is 0.0741. The number of anilines is 1. The van der Waals surface area contributed by atoms with Crippen LogP contribution in [0, 0.1) is 5.82 Å². The molecule has 1 atom stereocenters. The number of hydrogen-bond donors (Lipinski definition) is 1. The Morgan fingerprint density at radius 1 is 0.882 bits per heavy atom. The number of hydrogen-bond acceptors (Lipinski definition) is 4. The number of nitrogens with one attached hydrogen (secondary N) is 1. The summed E-state index contributed by atoms with van der Waals surface area (Å²) in [7, 11) is 0. The molecule has 1 aromatic heterocycles. The molecule has 2 heterocycles. The highest BCUT2D eigenvalue weighted by Gasteiger charge is 2.34. The molecule has 0 bridgehead atoms. The van der Waals surface area contributed by atoms with E-state index in [1.807, 2.05) is 23.6 Å². The summed E-state index contributed by atoms with van der Waals surface area (Å²) in [5.74, 6) is -1.34. The Morgan fingerprint density at radius 3 is 2.29 bits per heavy atom. The van der Waals surface area contributed by atoms with E-state index >= 15 is 0 Å². The molecule has 0 saturated heterocycles. The minimum Gasteiger partial charge on any atom is -0.324 e. The first-order valence-electron chi connectivity index (χ1n) is 10.6. The summed E-state index contributed by atoms with van der Waals surface area (Å²) in [4.78, 5) is 41.2. The molecule has 168 valence electrons. The zero-order valence-electron chi connectivity index (χ0n) is 17.9. The summed E-state index contributed by atoms with van der Waals surface area (Å²) < 4.78 is 14.2. The fourth-order valence-electron chi connectivity index (χ4n) is 4.11. The number of benzene rings is 3. The molecule has 1 N–H and O–H groups in total. The second kappa shape index (κ2) is 9.03. The van der Waals surface area contributed by atoms with Crippen molar-refractivity contribution >= 4 is 34.6 Å². The molecule has 1 aliphatic heterocycles. The second-order valence-corrected chi connectivity index (χ2v) is 8.88. The molecule has 5 nitrogen and oxygen atoms in total. The maximum atomic E-state index is 14.2. The van der Waals surface area contributed by atoms with Crippen LogP contribution in [-0.4, -0.2) is 29.0 Å². The van der Waals surface area contributed by atoms with Crippen LogP contribution in [0.4, 0.5) is 10.1 Å². The van der Waals surface area contributed by atoms with Gasteiger partial charge in [-0.3, -0.25) is 14.4 Å². The van der Waals surface area contributed by atoms with E-state index in [0.29, 0.717) is 27.9 Å². The Kier molecular flexibility index (Phi) is 5.77. The molecule has 2 amide bonds. The van der Waals surface area contributed by atoms with Crippen molar-refractivity contribution < 1.29 is 18.8 Å². The van der Waals surface area contributed by atoms with Gasteiger partial charge in [-0.25, -0.2) is 4.39 Å². The zero-order chi connectivity index (χ0) is 23.7. The number of thiophene rings is 1. The van der Waals surface area contributed by atoms with Gasteiger partial charge in [-0.2, -0.15) is 0 Å². The molecule has 1 aliphatic rings. The van der Waals surface area contributed by atoms with Crippen LogP contribution in [0.1, 0.15) is 42.8 Å². The lowest BCUT2D eigenvalue weighted by Gasteiger charge is -2.29. The van der Waals surface area contributed by atoms with Gasteiger partial charge in [-0.1, -0.05) is 48.5 Å². The van der Waals surface area contributed by atoms with Crippen molar-refractivity contribution in [3.05, 3.63) is 123 Å². The zero-order valence-corrected chi connectivity index (χ0v) is 18.7. The van der Waals surface area contributed by atoms with Crippen LogP contribution in [0.15, 0.2) is 90.3 Å². The number of rotatable bonds is 4. The van der Waals surface area contributed by atoms with E-state index in [1.165, 1.54) is 34.4 Å². The molecule has 1 unspecified atom stereocenters. The summed E-state index contributed by atoms with van der Waals surface area (Å²) in [5, 5.41) is 4.66. The van der Waals surface area contributed by atoms with Crippen LogP contribution in [0.2, 0.25) is 0 Å². The summed E-state index contributed by atoms with van der Waals surface area (Å²) >= 11 is 1.43. The van der Waals surface area contributed by atoms with Crippen molar-refractivity contribution in [3.63, 3.8) is 0 Å². The van der Waals surface area contributed by atoms with E-state index in [9.17, 15) is 18.8 Å². The molecule has 4 aromatic rings. The van der Waals surface area contributed by atoms with Gasteiger partial charge in [0.1, 0.15) is 12.4 Å². The van der Waals surface area contributed by atoms with Gasteiger partial charge in [0.2, 0.25) is 5.91 Å². The molecular weight excluding hydrogens is 451 g/mol. The molecule has 0 radical (unpaired) electrons. The first kappa shape index (κ1) is 21.7. The molecule has 0 spiro atoms. The van der Waals surface area contributed by atoms with Crippen LogP contribution in [0.5, 0.6) is 0 Å². The number of ketones is 1. The smallest absolute Gasteiger partial charge is 0.255 e. The van der Waals surface area contributed by atoms with E-state index in [2.05, 4.69) is 5.32 Å². The Hall–Kier alpha value is -4.10. The van der Waals surface area contributed by atoms with Gasteiger partial charge in [0.05, 0.1) is 6.04 Å². The normalized spacial score (nSPS) is 15.3. The van der Waals surface area contributed by atoms with Gasteiger partial charge in [0, 0.05) is 32.8 Å². The van der Waals surface area contributed by atoms with Gasteiger partial charge in [0.25, 0.3) is 5.91 Å². The SMILES string of the molecule is O=C1CN(C(=O)c2ccc(C(=O)c3ccccc3)cc2)C(c2cccs2)c2cc(F)ccc2N1. The van der Waals surface area contributed by atoms with Gasteiger partial charge >= 0.3 is 0 Å². The number of halogens is 1. The molecule has 0 saturated carbocycles. The highest BCUT2D eigenvalue weighted by molar-refractivity contribution is 7.10. The molecule has 34 heavy (non-hydrogen) atoms. The van der Waals surface area contributed by atoms with Crippen LogP contribution >= 0.6 is 11.3 Å². The first-order valence-corrected chi connectivity index (χ1v) is 11.5. The van der Waals surface area contributed by atoms with Crippen molar-refractivity contribution in [2.75, 3.05) is 11.9 Å². The Labute approximate surface area is 199 Å². The number of amides is 2. The molecule has 5 rings (SSSR count). The fourth-order valence-corrected chi connectivity index (χ4v) is 4.96. The second-order valence-electron chi connectivity index (χ2n) is 7.90. The van der Waals surface area contributed by atoms with E-state index in [1.54, 1.807) is 48.5 Å². The monoisotopic (exact) mass is 470 g/mol. The van der Waals surface area contributed by atoms with E-state index in [-0.39, 0.29) is 24.1 Å². The lowest BCUT2D eigenvalue weighted by atomic mass is 9.99. The van der Waals surface area contributed by atoms with Gasteiger partial charge in [-0.05, 0) is 41.8 Å². The number of carbonyl (C=O) groups is 3. The topological polar surface area (TPSA) is 66.5 Å². The third kappa shape index (κ3) is 4.13. The highest BCUT2D eigenvalue weighted by Crippen LogP contribution is 2.38. The van der Waals surface area contributed by atoms with Crippen molar-refractivity contribution in [2.24, 2.45) is 0 Å². The minimum atomic E-state index is -0.636. The summed E-state index contributed by atoms with van der Waals surface area (Å²) in [6.07, 6.45) is 0. The molecule has 0 fully saturated rings. The average Bonchev–Trinajstić information content (AvgIpc) is 3.35. The molecule has 0 aliphatic carbocycles. The predicted molar refractivity (Wildman–Crippen MR) is 129 cm³/mol. The predicted octanol–water partition coefficient (Wildman–Crippen LogP) is 5.30. The summed E-state index contributed by atoms with van der Waals surface area (Å²) in [6, 6.07) is 22.5. The van der Waals surface area contributed by atoms with Crippen LogP contribution in [-0.2, 0) is 4.79 Å². The lowest BCUT2D eigenvalue weighted by Crippen LogP contribution is -2.38. The standard InChI is InChI=1S/C27H19FN2O3S/c28-20-12-13-22-21(15-20)25(23-7-4-14-34-23)30(16-24(31)29-22)27(33)19-10-8-18(9-11-19)26(32)17-5-2-1-3-6-17/h1-15,25H,16H2,(H,29,31). The van der Waals surface area contributed by atoms with E-state index in [4.69, 9.17) is 0 Å². The number of fused-ring (bicyclic) bond motifs is 1. The molecule has 7 heteroatoms. The van der Waals surface area contributed by atoms with E-state index < -0.39 is 11.9 Å². The maximum Gasteiger partial charge on any atom is 0.255 e. The minimum absolute atomic E-state index is 0.144. The van der Waals surface area contributed by atoms with Crippen molar-refractivity contribution in [1.82, 2.24) is 4.90 Å². The Balaban J connectivity index is 1.51. The third-order valence-electron chi connectivity index (χ3n) is 5.71. The van der Waals surface area contributed by atoms with Gasteiger partial charge < -0.3 is 10.2 Å². The third-order valence-corrected chi connectivity index (χ3v) is 6.64. The number of carbonyl (C=O) groups excluding carboxylic acids is 3. The van der Waals surface area contributed by atoms with Crippen LogP contribution < -0.4 is 5.32 Å². The maximum absolute atomic E-state index is 14.2. The first-order chi connectivity index (χ1) is 16.5. The summed E-state index contributed by atoms with van der Waals surface area (Å²) in [6.45, 7) is -0.192. The molecule has 3 aromatic carbocycles. The average molecular weight is 471 g/mol. The van der Waals surface area contributed by atoms with Crippen molar-refractivity contribution in [2.45, 2.75) is 6.04 Å². The Morgan fingerprint density at radius 2 is 1.59 bits per heavy atom. The molecular formula is C27H19FN2O3S. The van der Waals surface area contributed by atoms with Gasteiger partial charge in [0.15, 0.2) is 5.78 Å². The Bertz CT molecular complexity index is 1370. The highest BCUT2D eigenvalue weighted by atomic mass is 32.1. The van der Waals surface area contributed by atoms with Crippen molar-refractivity contribution in [3.8, 4) is 0 Å². The van der Waals surface area contributed by atoms with Crippen LogP contribution in [0.3, 0.4) is 0 Å². The van der Waals surface area contributed by atoms with E-state index in [0.717, 1.165) is 4.88 Å². The largest absolute Gasteiger partial charge is 0.324 e. The summed E-state index contributed by atoms with van der Waals surface area (Å²) in [5.41, 5.74) is 2.33. The van der Waals surface area contributed by atoms with Crippen LogP contribution in [0.25, 0.3) is 0 Å². The van der Waals surface area contributed by atoms with Gasteiger partial charge in [-0.15, -0.1) is 11.3 Å². The number of nitrogens with zero attached hydrogens (tertiary/aromatic N) is 1. The lowest BCUT2D eigenvalue weighted by molar-refractivity contribution is -0.117. The van der Waals surface area contributed by atoms with Crippen molar-refractivity contribution in [1.29, 1.82) is 0 Å².